The van der Waals surface area contributed by atoms with E-state index in [0.717, 1.165) is 19.4 Å². The highest BCUT2D eigenvalue weighted by Crippen LogP contribution is 2.36. The van der Waals surface area contributed by atoms with Crippen molar-refractivity contribution < 1.29 is 0 Å². The fourth-order valence-corrected chi connectivity index (χ4v) is 1.67. The Morgan fingerprint density at radius 1 is 1.82 bits per heavy atom. The molecule has 0 heterocycles. The number of nitrogens with one attached hydrogen (secondary N) is 1. The van der Waals surface area contributed by atoms with Crippen LogP contribution in [-0.4, -0.2) is 12.1 Å². The normalized spacial score (nSPS) is 35.5. The van der Waals surface area contributed by atoms with Crippen LogP contribution >= 0.6 is 0 Å². The molecule has 0 aromatic carbocycles. The third kappa shape index (κ3) is 1.61. The average molecular weight is 150 g/mol. The molecule has 0 unspecified atom stereocenters. The molecular weight excluding hydrogens is 136 g/mol. The van der Waals surface area contributed by atoms with E-state index in [1.807, 2.05) is 0 Å². The summed E-state index contributed by atoms with van der Waals surface area (Å²) in [4.78, 5) is 0. The predicted molar refractivity (Wildman–Crippen MR) is 44.9 cm³/mol. The van der Waals surface area contributed by atoms with Crippen LogP contribution in [0.25, 0.3) is 0 Å². The zero-order chi connectivity index (χ0) is 8.32. The summed E-state index contributed by atoms with van der Waals surface area (Å²) >= 11 is 0. The number of hydrogen-bond acceptors (Lipinski definition) is 2. The summed E-state index contributed by atoms with van der Waals surface area (Å²) in [7, 11) is 0. The van der Waals surface area contributed by atoms with Gasteiger partial charge in [0.1, 0.15) is 5.54 Å². The molecule has 2 nitrogen and oxygen atoms in total. The zero-order valence-corrected chi connectivity index (χ0v) is 6.93. The van der Waals surface area contributed by atoms with Gasteiger partial charge in [0.15, 0.2) is 0 Å². The Hall–Kier alpha value is -0.810. The summed E-state index contributed by atoms with van der Waals surface area (Å²) in [5.74, 6) is 0.701. The van der Waals surface area contributed by atoms with Gasteiger partial charge in [-0.2, -0.15) is 5.26 Å². The van der Waals surface area contributed by atoms with Gasteiger partial charge < -0.3 is 0 Å². The fraction of sp³-hybridized carbons (Fsp3) is 0.667. The summed E-state index contributed by atoms with van der Waals surface area (Å²) in [6.45, 7) is 6.51. The molecule has 0 radical (unpaired) electrons. The standard InChI is InChI=1S/C9H14N2/c1-3-4-11-9(7-10)5-8(2)6-9/h3,8,11H,1,4-6H2,2H3. The van der Waals surface area contributed by atoms with Crippen molar-refractivity contribution >= 4 is 0 Å². The Morgan fingerprint density at radius 2 is 2.45 bits per heavy atom. The summed E-state index contributed by atoms with van der Waals surface area (Å²) in [5, 5.41) is 12.0. The van der Waals surface area contributed by atoms with Gasteiger partial charge in [0.25, 0.3) is 0 Å². The fourth-order valence-electron chi connectivity index (χ4n) is 1.67. The Balaban J connectivity index is 2.39. The summed E-state index contributed by atoms with van der Waals surface area (Å²) in [6.07, 6.45) is 3.76. The van der Waals surface area contributed by atoms with Gasteiger partial charge in [-0.1, -0.05) is 13.0 Å². The first-order valence-corrected chi connectivity index (χ1v) is 3.99. The lowest BCUT2D eigenvalue weighted by atomic mass is 9.70. The molecule has 0 saturated heterocycles. The van der Waals surface area contributed by atoms with Crippen LogP contribution in [0.3, 0.4) is 0 Å². The maximum Gasteiger partial charge on any atom is 0.107 e. The lowest BCUT2D eigenvalue weighted by molar-refractivity contribution is 0.178. The molecule has 0 aromatic heterocycles. The lowest BCUT2D eigenvalue weighted by Gasteiger charge is -2.41. The maximum atomic E-state index is 8.83. The van der Waals surface area contributed by atoms with Gasteiger partial charge in [0.05, 0.1) is 6.07 Å². The van der Waals surface area contributed by atoms with Crippen molar-refractivity contribution in [1.82, 2.24) is 5.32 Å². The van der Waals surface area contributed by atoms with Crippen LogP contribution in [0, 0.1) is 17.2 Å². The third-order valence-corrected chi connectivity index (χ3v) is 2.19. The molecule has 1 rings (SSSR count). The molecule has 0 aromatic rings. The smallest absolute Gasteiger partial charge is 0.107 e. The minimum absolute atomic E-state index is 0.229. The minimum Gasteiger partial charge on any atom is -0.296 e. The van der Waals surface area contributed by atoms with Crippen LogP contribution in [0.5, 0.6) is 0 Å². The Kier molecular flexibility index (Phi) is 2.31. The highest BCUT2D eigenvalue weighted by Gasteiger charge is 2.41. The van der Waals surface area contributed by atoms with E-state index in [1.165, 1.54) is 0 Å². The van der Waals surface area contributed by atoms with Crippen molar-refractivity contribution in [3.8, 4) is 6.07 Å². The Labute approximate surface area is 67.9 Å². The summed E-state index contributed by atoms with van der Waals surface area (Å²) in [5.41, 5.74) is -0.229. The number of hydrogen-bond donors (Lipinski definition) is 1. The van der Waals surface area contributed by atoms with Crippen LogP contribution in [0.1, 0.15) is 19.8 Å². The molecule has 0 amide bonds. The van der Waals surface area contributed by atoms with Crippen LogP contribution in [-0.2, 0) is 0 Å². The van der Waals surface area contributed by atoms with Gasteiger partial charge in [-0.25, -0.2) is 0 Å². The van der Waals surface area contributed by atoms with Crippen molar-refractivity contribution in [2.45, 2.75) is 25.3 Å². The van der Waals surface area contributed by atoms with Crippen LogP contribution in [0.4, 0.5) is 0 Å². The second-order valence-corrected chi connectivity index (χ2v) is 3.38. The van der Waals surface area contributed by atoms with E-state index < -0.39 is 0 Å². The number of rotatable bonds is 3. The molecule has 1 aliphatic rings. The summed E-state index contributed by atoms with van der Waals surface area (Å²) < 4.78 is 0. The first kappa shape index (κ1) is 8.29. The quantitative estimate of drug-likeness (QED) is 0.618. The van der Waals surface area contributed by atoms with E-state index in [-0.39, 0.29) is 5.54 Å². The zero-order valence-electron chi connectivity index (χ0n) is 6.93. The molecule has 0 atom stereocenters. The van der Waals surface area contributed by atoms with Crippen molar-refractivity contribution in [3.63, 3.8) is 0 Å². The Morgan fingerprint density at radius 3 is 2.82 bits per heavy atom. The third-order valence-electron chi connectivity index (χ3n) is 2.19. The van der Waals surface area contributed by atoms with Crippen molar-refractivity contribution in [3.05, 3.63) is 12.7 Å². The molecule has 0 bridgehead atoms. The van der Waals surface area contributed by atoms with E-state index in [4.69, 9.17) is 5.26 Å². The van der Waals surface area contributed by atoms with Crippen LogP contribution in [0.15, 0.2) is 12.7 Å². The SMILES string of the molecule is C=CCNC1(C#N)CC(C)C1. The molecule has 1 saturated carbocycles. The first-order valence-electron chi connectivity index (χ1n) is 3.99. The second-order valence-electron chi connectivity index (χ2n) is 3.38. The van der Waals surface area contributed by atoms with E-state index in [2.05, 4.69) is 24.9 Å². The van der Waals surface area contributed by atoms with E-state index in [0.29, 0.717) is 5.92 Å². The largest absolute Gasteiger partial charge is 0.296 e. The van der Waals surface area contributed by atoms with Crippen molar-refractivity contribution in [2.24, 2.45) is 5.92 Å². The molecule has 0 spiro atoms. The topological polar surface area (TPSA) is 35.8 Å². The summed E-state index contributed by atoms with van der Waals surface area (Å²) in [6, 6.07) is 2.32. The Bertz CT molecular complexity index is 184. The lowest BCUT2D eigenvalue weighted by Crippen LogP contribution is -2.53. The molecule has 60 valence electrons. The maximum absolute atomic E-state index is 8.83. The van der Waals surface area contributed by atoms with Gasteiger partial charge in [-0.05, 0) is 18.8 Å². The minimum atomic E-state index is -0.229. The average Bonchev–Trinajstić information content (AvgIpc) is 1.96. The number of nitrogens with zero attached hydrogens (tertiary/aromatic N) is 1. The molecule has 0 aliphatic heterocycles. The van der Waals surface area contributed by atoms with E-state index >= 15 is 0 Å². The highest BCUT2D eigenvalue weighted by molar-refractivity contribution is 5.15. The predicted octanol–water partition coefficient (Wildman–Crippen LogP) is 1.45. The van der Waals surface area contributed by atoms with Crippen molar-refractivity contribution in [2.75, 3.05) is 6.54 Å². The van der Waals surface area contributed by atoms with Gasteiger partial charge in [0, 0.05) is 6.54 Å². The number of nitriles is 1. The van der Waals surface area contributed by atoms with Gasteiger partial charge >= 0.3 is 0 Å². The first-order chi connectivity index (χ1) is 5.22. The van der Waals surface area contributed by atoms with Crippen LogP contribution in [0.2, 0.25) is 0 Å². The monoisotopic (exact) mass is 150 g/mol. The molecule has 2 heteroatoms. The molecule has 1 aliphatic carbocycles. The highest BCUT2D eigenvalue weighted by atomic mass is 15.0. The molecule has 1 N–H and O–H groups in total. The second kappa shape index (κ2) is 3.06. The molecular formula is C9H14N2. The molecule has 11 heavy (non-hydrogen) atoms. The van der Waals surface area contributed by atoms with E-state index in [9.17, 15) is 0 Å². The van der Waals surface area contributed by atoms with E-state index in [1.54, 1.807) is 6.08 Å². The van der Waals surface area contributed by atoms with Crippen LogP contribution < -0.4 is 5.32 Å². The van der Waals surface area contributed by atoms with Gasteiger partial charge in [-0.3, -0.25) is 5.32 Å². The van der Waals surface area contributed by atoms with Gasteiger partial charge in [0.2, 0.25) is 0 Å². The van der Waals surface area contributed by atoms with Crippen molar-refractivity contribution in [1.29, 1.82) is 5.26 Å². The van der Waals surface area contributed by atoms with Gasteiger partial charge in [-0.15, -0.1) is 6.58 Å². The molecule has 1 fully saturated rings.